The molecule has 0 radical (unpaired) electrons. The number of benzene rings is 1. The summed E-state index contributed by atoms with van der Waals surface area (Å²) >= 11 is 0. The number of carboxylic acids is 1. The highest BCUT2D eigenvalue weighted by molar-refractivity contribution is 5.92. The standard InChI is InChI=1S/C14H15N3O3/c1-15-9-6-16(7-9)17-8-11(14(19)20)13(18)10-4-2-3-5-12(10)17/h2-5,8-9,15H,6-7H2,1H3,(H,19,20). The molecule has 6 heteroatoms. The summed E-state index contributed by atoms with van der Waals surface area (Å²) in [6, 6.07) is 7.46. The Balaban J connectivity index is 2.18. The number of rotatable bonds is 3. The van der Waals surface area contributed by atoms with Gasteiger partial charge in [0.2, 0.25) is 5.43 Å². The van der Waals surface area contributed by atoms with E-state index in [4.69, 9.17) is 0 Å². The number of aromatic carboxylic acids is 1. The number of nitrogens with zero attached hydrogens (tertiary/aromatic N) is 2. The summed E-state index contributed by atoms with van der Waals surface area (Å²) in [7, 11) is 1.90. The molecule has 1 aliphatic rings. The first-order chi connectivity index (χ1) is 9.61. The van der Waals surface area contributed by atoms with Crippen LogP contribution in [0, 0.1) is 0 Å². The first kappa shape index (κ1) is 12.7. The lowest BCUT2D eigenvalue weighted by molar-refractivity contribution is 0.0694. The van der Waals surface area contributed by atoms with Gasteiger partial charge in [0.05, 0.1) is 18.6 Å². The van der Waals surface area contributed by atoms with Crippen LogP contribution >= 0.6 is 0 Å². The molecule has 6 nitrogen and oxygen atoms in total. The fraction of sp³-hybridized carbons (Fsp3) is 0.286. The van der Waals surface area contributed by atoms with Crippen molar-refractivity contribution in [3.05, 3.63) is 46.2 Å². The van der Waals surface area contributed by atoms with E-state index in [0.717, 1.165) is 18.6 Å². The lowest BCUT2D eigenvalue weighted by Gasteiger charge is -2.42. The van der Waals surface area contributed by atoms with Crippen molar-refractivity contribution < 1.29 is 9.90 Å². The monoisotopic (exact) mass is 273 g/mol. The third-order valence-corrected chi connectivity index (χ3v) is 3.70. The summed E-state index contributed by atoms with van der Waals surface area (Å²) in [6.45, 7) is 1.56. The molecule has 0 aliphatic carbocycles. The second-order valence-corrected chi connectivity index (χ2v) is 4.90. The molecule has 1 aromatic carbocycles. The van der Waals surface area contributed by atoms with Crippen LogP contribution in [0.3, 0.4) is 0 Å². The number of hydrogen-bond acceptors (Lipinski definition) is 4. The Morgan fingerprint density at radius 2 is 2.05 bits per heavy atom. The highest BCUT2D eigenvalue weighted by Crippen LogP contribution is 2.16. The Kier molecular flexibility index (Phi) is 2.94. The van der Waals surface area contributed by atoms with Gasteiger partial charge >= 0.3 is 5.97 Å². The van der Waals surface area contributed by atoms with Gasteiger partial charge in [-0.1, -0.05) is 12.1 Å². The van der Waals surface area contributed by atoms with E-state index >= 15 is 0 Å². The number of likely N-dealkylation sites (N-methyl/N-ethyl adjacent to an activating group) is 1. The van der Waals surface area contributed by atoms with Crippen molar-refractivity contribution in [2.75, 3.05) is 25.1 Å². The Bertz CT molecular complexity index is 732. The number of fused-ring (bicyclic) bond motifs is 1. The van der Waals surface area contributed by atoms with Crippen molar-refractivity contribution in [3.8, 4) is 0 Å². The lowest BCUT2D eigenvalue weighted by Crippen LogP contribution is -2.61. The van der Waals surface area contributed by atoms with Crippen LogP contribution in [0.5, 0.6) is 0 Å². The Morgan fingerprint density at radius 1 is 1.35 bits per heavy atom. The van der Waals surface area contributed by atoms with Crippen LogP contribution in [-0.2, 0) is 0 Å². The molecular formula is C14H15N3O3. The molecular weight excluding hydrogens is 258 g/mol. The topological polar surface area (TPSA) is 74.6 Å². The largest absolute Gasteiger partial charge is 0.477 e. The highest BCUT2D eigenvalue weighted by Gasteiger charge is 2.27. The van der Waals surface area contributed by atoms with Crippen molar-refractivity contribution >= 4 is 16.9 Å². The molecule has 3 rings (SSSR count). The van der Waals surface area contributed by atoms with Gasteiger partial charge < -0.3 is 15.4 Å². The molecule has 0 spiro atoms. The van der Waals surface area contributed by atoms with Gasteiger partial charge in [-0.25, -0.2) is 4.79 Å². The molecule has 1 saturated heterocycles. The van der Waals surface area contributed by atoms with Crippen molar-refractivity contribution in [3.63, 3.8) is 0 Å². The number of nitrogens with one attached hydrogen (secondary N) is 1. The molecule has 2 aromatic rings. The van der Waals surface area contributed by atoms with Gasteiger partial charge in [0.1, 0.15) is 5.56 Å². The molecule has 2 heterocycles. The minimum Gasteiger partial charge on any atom is -0.477 e. The molecule has 104 valence electrons. The smallest absolute Gasteiger partial charge is 0.341 e. The number of carbonyl (C=O) groups is 1. The van der Waals surface area contributed by atoms with E-state index in [0.29, 0.717) is 11.4 Å². The lowest BCUT2D eigenvalue weighted by atomic mass is 10.1. The average molecular weight is 273 g/mol. The number of para-hydroxylation sites is 1. The number of carboxylic acid groups (broad SMARTS) is 1. The predicted molar refractivity (Wildman–Crippen MR) is 76.0 cm³/mol. The molecule has 1 aromatic heterocycles. The van der Waals surface area contributed by atoms with Crippen LogP contribution in [0.4, 0.5) is 0 Å². The maximum absolute atomic E-state index is 12.1. The first-order valence-corrected chi connectivity index (χ1v) is 6.42. The summed E-state index contributed by atoms with van der Waals surface area (Å²) in [5.41, 5.74) is 0.101. The quantitative estimate of drug-likeness (QED) is 0.838. The summed E-state index contributed by atoms with van der Waals surface area (Å²) in [5, 5.41) is 14.8. The molecule has 0 saturated carbocycles. The van der Waals surface area contributed by atoms with E-state index in [1.165, 1.54) is 6.20 Å². The molecule has 0 amide bonds. The summed E-state index contributed by atoms with van der Waals surface area (Å²) in [5.74, 6) is -1.19. The molecule has 1 fully saturated rings. The van der Waals surface area contributed by atoms with E-state index in [9.17, 15) is 14.7 Å². The third-order valence-electron chi connectivity index (χ3n) is 3.70. The SMILES string of the molecule is CNC1CN(n2cc(C(=O)O)c(=O)c3ccccc32)C1. The number of pyridine rings is 1. The van der Waals surface area contributed by atoms with Gasteiger partial charge in [-0.05, 0) is 19.2 Å². The molecule has 0 unspecified atom stereocenters. The molecule has 0 bridgehead atoms. The second-order valence-electron chi connectivity index (χ2n) is 4.90. The van der Waals surface area contributed by atoms with Crippen molar-refractivity contribution in [1.82, 2.24) is 9.99 Å². The van der Waals surface area contributed by atoms with Crippen LogP contribution in [-0.4, -0.2) is 41.9 Å². The summed E-state index contributed by atoms with van der Waals surface area (Å²) in [6.07, 6.45) is 1.42. The van der Waals surface area contributed by atoms with Crippen LogP contribution in [0.1, 0.15) is 10.4 Å². The maximum Gasteiger partial charge on any atom is 0.341 e. The van der Waals surface area contributed by atoms with Gasteiger partial charge in [-0.2, -0.15) is 0 Å². The van der Waals surface area contributed by atoms with Gasteiger partial charge in [-0.15, -0.1) is 0 Å². The number of hydrogen-bond donors (Lipinski definition) is 2. The normalized spacial score (nSPS) is 15.3. The van der Waals surface area contributed by atoms with Gasteiger partial charge in [0.25, 0.3) is 0 Å². The van der Waals surface area contributed by atoms with Crippen LogP contribution in [0.15, 0.2) is 35.3 Å². The van der Waals surface area contributed by atoms with E-state index in [1.54, 1.807) is 16.8 Å². The predicted octanol–water partition coefficient (Wildman–Crippen LogP) is 0.239. The van der Waals surface area contributed by atoms with E-state index in [-0.39, 0.29) is 5.56 Å². The van der Waals surface area contributed by atoms with Crippen molar-refractivity contribution in [2.24, 2.45) is 0 Å². The summed E-state index contributed by atoms with van der Waals surface area (Å²) < 4.78 is 1.77. The fourth-order valence-electron chi connectivity index (χ4n) is 2.46. The Labute approximate surface area is 115 Å². The van der Waals surface area contributed by atoms with E-state index in [1.807, 2.05) is 24.2 Å². The first-order valence-electron chi connectivity index (χ1n) is 6.42. The molecule has 0 atom stereocenters. The molecule has 20 heavy (non-hydrogen) atoms. The fourth-order valence-corrected chi connectivity index (χ4v) is 2.46. The number of aromatic nitrogens is 1. The molecule has 2 N–H and O–H groups in total. The maximum atomic E-state index is 12.1. The zero-order valence-corrected chi connectivity index (χ0v) is 11.0. The van der Waals surface area contributed by atoms with Gasteiger partial charge in [0.15, 0.2) is 0 Å². The molecule has 1 aliphatic heterocycles. The highest BCUT2D eigenvalue weighted by atomic mass is 16.4. The zero-order valence-electron chi connectivity index (χ0n) is 11.0. The summed E-state index contributed by atoms with van der Waals surface area (Å²) in [4.78, 5) is 23.4. The third kappa shape index (κ3) is 1.85. The van der Waals surface area contributed by atoms with E-state index < -0.39 is 11.4 Å². The van der Waals surface area contributed by atoms with Crippen molar-refractivity contribution in [1.29, 1.82) is 0 Å². The van der Waals surface area contributed by atoms with Gasteiger partial charge in [0, 0.05) is 17.6 Å². The van der Waals surface area contributed by atoms with Crippen LogP contribution in [0.25, 0.3) is 10.9 Å². The minimum absolute atomic E-state index is 0.198. The van der Waals surface area contributed by atoms with Gasteiger partial charge in [-0.3, -0.25) is 9.47 Å². The average Bonchev–Trinajstić information content (AvgIpc) is 2.40. The second kappa shape index (κ2) is 4.64. The Morgan fingerprint density at radius 3 is 2.70 bits per heavy atom. The Hall–Kier alpha value is -2.34. The van der Waals surface area contributed by atoms with E-state index in [2.05, 4.69) is 5.32 Å². The van der Waals surface area contributed by atoms with Crippen molar-refractivity contribution in [2.45, 2.75) is 6.04 Å². The minimum atomic E-state index is -1.19. The van der Waals surface area contributed by atoms with Crippen LogP contribution in [0.2, 0.25) is 0 Å². The zero-order chi connectivity index (χ0) is 14.3. The van der Waals surface area contributed by atoms with Crippen LogP contribution < -0.4 is 15.8 Å².